The first-order valence-corrected chi connectivity index (χ1v) is 21.8. The van der Waals surface area contributed by atoms with Crippen LogP contribution in [0.4, 0.5) is 0 Å². The summed E-state index contributed by atoms with van der Waals surface area (Å²) >= 11 is 3.71. The van der Waals surface area contributed by atoms with E-state index in [0.29, 0.717) is 5.82 Å². The molecule has 280 valence electrons. The van der Waals surface area contributed by atoms with Gasteiger partial charge in [0, 0.05) is 57.0 Å². The monoisotopic (exact) mass is 798 g/mol. The summed E-state index contributed by atoms with van der Waals surface area (Å²) in [6.07, 6.45) is 0. The van der Waals surface area contributed by atoms with E-state index < -0.39 is 0 Å². The number of benzene rings is 9. The largest absolute Gasteiger partial charge is 0.228 e. The van der Waals surface area contributed by atoms with Crippen molar-refractivity contribution in [2.24, 2.45) is 0 Å². The molecule has 0 aliphatic carbocycles. The molecule has 0 unspecified atom stereocenters. The first-order chi connectivity index (χ1) is 29.7. The summed E-state index contributed by atoms with van der Waals surface area (Å²) in [6, 6.07) is 74.5. The Kier molecular flexibility index (Phi) is 8.25. The van der Waals surface area contributed by atoms with Gasteiger partial charge in [-0.3, -0.25) is 0 Å². The highest BCUT2D eigenvalue weighted by atomic mass is 32.1. The molecular formula is C56H34N2S2. The van der Waals surface area contributed by atoms with Crippen molar-refractivity contribution < 1.29 is 0 Å². The van der Waals surface area contributed by atoms with Gasteiger partial charge in [0.25, 0.3) is 0 Å². The first-order valence-electron chi connectivity index (χ1n) is 20.2. The lowest BCUT2D eigenvalue weighted by Crippen LogP contribution is -1.97. The Hall–Kier alpha value is -7.24. The minimum atomic E-state index is 0.695. The van der Waals surface area contributed by atoms with Crippen LogP contribution < -0.4 is 0 Å². The molecule has 2 nitrogen and oxygen atoms in total. The predicted octanol–water partition coefficient (Wildman–Crippen LogP) is 16.4. The molecule has 0 radical (unpaired) electrons. The van der Waals surface area contributed by atoms with Gasteiger partial charge in [0.15, 0.2) is 5.82 Å². The zero-order chi connectivity index (χ0) is 39.6. The van der Waals surface area contributed by atoms with Crippen molar-refractivity contribution >= 4 is 73.8 Å². The fraction of sp³-hybridized carbons (Fsp3) is 0. The molecule has 0 N–H and O–H groups in total. The minimum Gasteiger partial charge on any atom is -0.228 e. The number of nitrogens with zero attached hydrogens (tertiary/aromatic N) is 2. The third kappa shape index (κ3) is 5.92. The van der Waals surface area contributed by atoms with Crippen molar-refractivity contribution in [2.75, 3.05) is 0 Å². The molecule has 0 saturated heterocycles. The summed E-state index contributed by atoms with van der Waals surface area (Å²) in [4.78, 5) is 10.7. The third-order valence-electron chi connectivity index (χ3n) is 11.7. The zero-order valence-corrected chi connectivity index (χ0v) is 34.0. The van der Waals surface area contributed by atoms with Crippen LogP contribution in [0.5, 0.6) is 0 Å². The van der Waals surface area contributed by atoms with Gasteiger partial charge in [0.1, 0.15) is 0 Å². The van der Waals surface area contributed by atoms with Gasteiger partial charge in [0.05, 0.1) is 11.4 Å². The van der Waals surface area contributed by atoms with Gasteiger partial charge in [-0.1, -0.05) is 158 Å². The summed E-state index contributed by atoms with van der Waals surface area (Å²) < 4.78 is 5.18. The van der Waals surface area contributed by atoms with Crippen LogP contribution in [-0.4, -0.2) is 9.97 Å². The van der Waals surface area contributed by atoms with E-state index in [0.717, 1.165) is 44.8 Å². The van der Waals surface area contributed by atoms with E-state index in [1.807, 2.05) is 28.7 Å². The van der Waals surface area contributed by atoms with Crippen molar-refractivity contribution in [1.82, 2.24) is 9.97 Å². The van der Waals surface area contributed by atoms with Gasteiger partial charge in [-0.25, -0.2) is 9.97 Å². The Balaban J connectivity index is 1.10. The lowest BCUT2D eigenvalue weighted by molar-refractivity contribution is 1.18. The van der Waals surface area contributed by atoms with Gasteiger partial charge in [-0.05, 0) is 92.7 Å². The van der Waals surface area contributed by atoms with Crippen LogP contribution in [-0.2, 0) is 0 Å². The van der Waals surface area contributed by atoms with Crippen molar-refractivity contribution in [1.29, 1.82) is 0 Å². The molecule has 4 heteroatoms. The van der Waals surface area contributed by atoms with Crippen LogP contribution >= 0.6 is 22.7 Å². The maximum Gasteiger partial charge on any atom is 0.160 e. The fourth-order valence-electron chi connectivity index (χ4n) is 8.84. The van der Waals surface area contributed by atoms with Crippen LogP contribution in [0.1, 0.15) is 0 Å². The Bertz CT molecular complexity index is 3610. The standard InChI is InChI=1S/C56H34N2S2/c1-2-15-36(16-3-1)56-57-50(34-51(58-56)45-20-7-6-19-42(45)37-28-29-54-49(33-37)47-22-9-10-26-52(47)59-54)40-31-38(43-23-12-17-35-14-4-5-18-41(35)43)30-39(32-40)44-24-13-25-48-46-21-8-11-27-53(46)60-55(44)48/h1-34H. The average Bonchev–Trinajstić information content (AvgIpc) is 3.90. The zero-order valence-electron chi connectivity index (χ0n) is 32.3. The lowest BCUT2D eigenvalue weighted by atomic mass is 9.91. The molecule has 0 fully saturated rings. The number of hydrogen-bond acceptors (Lipinski definition) is 4. The summed E-state index contributed by atoms with van der Waals surface area (Å²) in [5.41, 5.74) is 11.9. The predicted molar refractivity (Wildman–Crippen MR) is 258 cm³/mol. The Morgan fingerprint density at radius 2 is 0.850 bits per heavy atom. The minimum absolute atomic E-state index is 0.695. The van der Waals surface area contributed by atoms with Crippen LogP contribution in [0.3, 0.4) is 0 Å². The second kappa shape index (κ2) is 14.2. The number of hydrogen-bond donors (Lipinski definition) is 0. The van der Waals surface area contributed by atoms with E-state index >= 15 is 0 Å². The van der Waals surface area contributed by atoms with Crippen LogP contribution in [0, 0.1) is 0 Å². The summed E-state index contributed by atoms with van der Waals surface area (Å²) in [5.74, 6) is 0.695. The molecule has 0 aliphatic rings. The highest BCUT2D eigenvalue weighted by molar-refractivity contribution is 7.26. The van der Waals surface area contributed by atoms with Gasteiger partial charge in [0.2, 0.25) is 0 Å². The van der Waals surface area contributed by atoms with E-state index in [4.69, 9.17) is 9.97 Å². The molecule has 60 heavy (non-hydrogen) atoms. The van der Waals surface area contributed by atoms with Gasteiger partial charge < -0.3 is 0 Å². The molecule has 12 aromatic rings. The number of fused-ring (bicyclic) bond motifs is 7. The quantitative estimate of drug-likeness (QED) is 0.167. The molecule has 9 aromatic carbocycles. The Morgan fingerprint density at radius 3 is 1.70 bits per heavy atom. The molecular weight excluding hydrogens is 765 g/mol. The number of rotatable bonds is 6. The highest BCUT2D eigenvalue weighted by Crippen LogP contribution is 2.44. The molecule has 0 bridgehead atoms. The topological polar surface area (TPSA) is 25.8 Å². The van der Waals surface area contributed by atoms with Crippen LogP contribution in [0.25, 0.3) is 118 Å². The average molecular weight is 799 g/mol. The summed E-state index contributed by atoms with van der Waals surface area (Å²) in [5, 5.41) is 7.59. The second-order valence-corrected chi connectivity index (χ2v) is 17.4. The third-order valence-corrected chi connectivity index (χ3v) is 14.1. The van der Waals surface area contributed by atoms with Crippen LogP contribution in [0.2, 0.25) is 0 Å². The molecule has 12 rings (SSSR count). The number of aromatic nitrogens is 2. The Labute approximate surface area is 355 Å². The molecule has 0 spiro atoms. The van der Waals surface area contributed by atoms with Gasteiger partial charge >= 0.3 is 0 Å². The van der Waals surface area contributed by atoms with Crippen molar-refractivity contribution in [3.63, 3.8) is 0 Å². The van der Waals surface area contributed by atoms with E-state index in [2.05, 4.69) is 200 Å². The number of thiophene rings is 2. The second-order valence-electron chi connectivity index (χ2n) is 15.3. The van der Waals surface area contributed by atoms with Crippen LogP contribution in [0.15, 0.2) is 206 Å². The van der Waals surface area contributed by atoms with E-state index in [9.17, 15) is 0 Å². The van der Waals surface area contributed by atoms with Gasteiger partial charge in [-0.15, -0.1) is 22.7 Å². The molecule has 0 amide bonds. The lowest BCUT2D eigenvalue weighted by Gasteiger charge is -2.16. The smallest absolute Gasteiger partial charge is 0.160 e. The molecule has 0 atom stereocenters. The van der Waals surface area contributed by atoms with E-state index in [1.54, 1.807) is 0 Å². The highest BCUT2D eigenvalue weighted by Gasteiger charge is 2.18. The SMILES string of the molecule is c1ccc(-c2nc(-c3cc(-c4cccc5ccccc45)cc(-c4cccc5c4sc4ccccc45)c3)cc(-c3ccccc3-c3ccc4sc5ccccc5c4c3)n2)cc1. The summed E-state index contributed by atoms with van der Waals surface area (Å²) in [6.45, 7) is 0. The fourth-order valence-corrected chi connectivity index (χ4v) is 11.2. The van der Waals surface area contributed by atoms with Crippen molar-refractivity contribution in [3.8, 4) is 67.3 Å². The molecule has 3 heterocycles. The molecule has 3 aromatic heterocycles. The Morgan fingerprint density at radius 1 is 0.283 bits per heavy atom. The van der Waals surface area contributed by atoms with Gasteiger partial charge in [-0.2, -0.15) is 0 Å². The first kappa shape index (κ1) is 34.8. The molecule has 0 saturated carbocycles. The van der Waals surface area contributed by atoms with E-state index in [1.165, 1.54) is 67.8 Å². The normalized spacial score (nSPS) is 11.7. The maximum atomic E-state index is 5.39. The molecule has 0 aliphatic heterocycles. The maximum absolute atomic E-state index is 5.39. The van der Waals surface area contributed by atoms with Crippen molar-refractivity contribution in [3.05, 3.63) is 206 Å². The summed E-state index contributed by atoms with van der Waals surface area (Å²) in [7, 11) is 0. The van der Waals surface area contributed by atoms with Crippen molar-refractivity contribution in [2.45, 2.75) is 0 Å². The van der Waals surface area contributed by atoms with E-state index in [-0.39, 0.29) is 0 Å².